The van der Waals surface area contributed by atoms with Crippen molar-refractivity contribution in [2.75, 3.05) is 20.7 Å². The smallest absolute Gasteiger partial charge is 0.354 e. The van der Waals surface area contributed by atoms with Crippen molar-refractivity contribution in [2.24, 2.45) is 0 Å². The fraction of sp³-hybridized carbons (Fsp3) is 0.579. The second-order valence-electron chi connectivity index (χ2n) is 7.72. The molecule has 3 saturated heterocycles. The third-order valence-corrected chi connectivity index (χ3v) is 6.14. The number of epoxide rings is 1. The van der Waals surface area contributed by atoms with Gasteiger partial charge in [0.25, 0.3) is 5.60 Å². The molecule has 1 aromatic carbocycles. The van der Waals surface area contributed by atoms with Gasteiger partial charge < -0.3 is 14.2 Å². The Morgan fingerprint density at radius 2 is 2.08 bits per heavy atom. The molecule has 3 aliphatic rings. The minimum absolute atomic E-state index is 0.0368. The van der Waals surface area contributed by atoms with Crippen LogP contribution in [0.4, 0.5) is 0 Å². The van der Waals surface area contributed by atoms with Crippen LogP contribution in [-0.2, 0) is 23.8 Å². The molecule has 0 radical (unpaired) electrons. The number of nitrogens with zero attached hydrogens (tertiary/aromatic N) is 1. The summed E-state index contributed by atoms with van der Waals surface area (Å²) < 4.78 is 16.4. The van der Waals surface area contributed by atoms with E-state index in [1.54, 1.807) is 0 Å². The SMILES string of the molecule is COC(=O)[C@]12O[C@]13C[C@@H](c1ccc(C)cc1C)N(C)C[C@]3(C)OC2=O. The first-order chi connectivity index (χ1) is 11.7. The highest BCUT2D eigenvalue weighted by molar-refractivity contribution is 6.11. The Morgan fingerprint density at radius 1 is 1.36 bits per heavy atom. The molecular weight excluding hydrogens is 322 g/mol. The van der Waals surface area contributed by atoms with Crippen LogP contribution >= 0.6 is 0 Å². The third-order valence-electron chi connectivity index (χ3n) is 6.14. The molecule has 3 fully saturated rings. The number of carbonyl (C=O) groups excluding carboxylic acids is 2. The van der Waals surface area contributed by atoms with Crippen molar-refractivity contribution < 1.29 is 23.8 Å². The first-order valence-corrected chi connectivity index (χ1v) is 8.50. The number of likely N-dealkylation sites (N-methyl/N-ethyl adjacent to an activating group) is 1. The molecule has 3 heterocycles. The molecule has 0 aromatic heterocycles. The first kappa shape index (κ1) is 16.5. The number of likely N-dealkylation sites (tertiary alicyclic amines) is 1. The number of piperidine rings is 1. The lowest BCUT2D eigenvalue weighted by atomic mass is 9.72. The molecule has 0 N–H and O–H groups in total. The lowest BCUT2D eigenvalue weighted by molar-refractivity contribution is -0.178. The molecule has 0 amide bonds. The maximum absolute atomic E-state index is 12.5. The molecule has 1 aromatic rings. The molecule has 1 spiro atoms. The monoisotopic (exact) mass is 345 g/mol. The molecule has 6 nitrogen and oxygen atoms in total. The summed E-state index contributed by atoms with van der Waals surface area (Å²) in [5.41, 5.74) is 0.147. The lowest BCUT2D eigenvalue weighted by Crippen LogP contribution is -2.58. The molecule has 0 saturated carbocycles. The summed E-state index contributed by atoms with van der Waals surface area (Å²) in [4.78, 5) is 27.0. The maximum Gasteiger partial charge on any atom is 0.354 e. The van der Waals surface area contributed by atoms with E-state index in [9.17, 15) is 9.59 Å². The fourth-order valence-corrected chi connectivity index (χ4v) is 4.84. The first-order valence-electron chi connectivity index (χ1n) is 8.50. The molecule has 134 valence electrons. The number of esters is 2. The number of rotatable bonds is 2. The van der Waals surface area contributed by atoms with Crippen molar-refractivity contribution in [1.82, 2.24) is 4.90 Å². The van der Waals surface area contributed by atoms with E-state index in [0.29, 0.717) is 13.0 Å². The van der Waals surface area contributed by atoms with E-state index < -0.39 is 28.7 Å². The van der Waals surface area contributed by atoms with Crippen LogP contribution in [0.2, 0.25) is 0 Å². The fourth-order valence-electron chi connectivity index (χ4n) is 4.84. The van der Waals surface area contributed by atoms with Gasteiger partial charge in [0.2, 0.25) is 0 Å². The Bertz CT molecular complexity index is 792. The van der Waals surface area contributed by atoms with Gasteiger partial charge in [-0.3, -0.25) is 4.90 Å². The van der Waals surface area contributed by atoms with Gasteiger partial charge in [-0.15, -0.1) is 0 Å². The Morgan fingerprint density at radius 3 is 2.72 bits per heavy atom. The standard InChI is InChI=1S/C19H23NO5/c1-11-6-7-13(12(2)8-11)14-9-18-17(3,10-20(14)4)24-16(22)19(18,25-18)15(21)23-5/h6-8,14H,9-10H2,1-5H3/t14-,17-,18-,19+/m0/s1. The number of hydrogen-bond donors (Lipinski definition) is 0. The predicted octanol–water partition coefficient (Wildman–Crippen LogP) is 1.68. The van der Waals surface area contributed by atoms with Gasteiger partial charge in [0.15, 0.2) is 11.2 Å². The highest BCUT2D eigenvalue weighted by Crippen LogP contribution is 2.68. The Hall–Kier alpha value is -1.92. The number of benzene rings is 1. The van der Waals surface area contributed by atoms with Crippen LogP contribution in [0.5, 0.6) is 0 Å². The summed E-state index contributed by atoms with van der Waals surface area (Å²) in [6, 6.07) is 6.38. The van der Waals surface area contributed by atoms with Gasteiger partial charge in [-0.2, -0.15) is 0 Å². The minimum Gasteiger partial charge on any atom is -0.466 e. The maximum atomic E-state index is 12.5. The summed E-state index contributed by atoms with van der Waals surface area (Å²) in [5.74, 6) is -1.29. The third kappa shape index (κ3) is 1.81. The van der Waals surface area contributed by atoms with Gasteiger partial charge in [0.1, 0.15) is 0 Å². The molecule has 25 heavy (non-hydrogen) atoms. The lowest BCUT2D eigenvalue weighted by Gasteiger charge is -2.45. The quantitative estimate of drug-likeness (QED) is 0.461. The van der Waals surface area contributed by atoms with E-state index in [1.165, 1.54) is 23.8 Å². The average Bonchev–Trinajstić information content (AvgIpc) is 3.18. The van der Waals surface area contributed by atoms with Crippen LogP contribution in [0, 0.1) is 13.8 Å². The number of aryl methyl sites for hydroxylation is 2. The zero-order chi connectivity index (χ0) is 18.2. The van der Waals surface area contributed by atoms with Gasteiger partial charge in [-0.25, -0.2) is 9.59 Å². The topological polar surface area (TPSA) is 68.4 Å². The number of ether oxygens (including phenoxy) is 3. The van der Waals surface area contributed by atoms with E-state index >= 15 is 0 Å². The van der Waals surface area contributed by atoms with Crippen LogP contribution in [0.1, 0.15) is 36.1 Å². The predicted molar refractivity (Wildman–Crippen MR) is 89.0 cm³/mol. The van der Waals surface area contributed by atoms with Crippen LogP contribution < -0.4 is 0 Å². The molecule has 3 aliphatic heterocycles. The molecule has 0 aliphatic carbocycles. The molecule has 0 unspecified atom stereocenters. The van der Waals surface area contributed by atoms with Crippen molar-refractivity contribution in [1.29, 1.82) is 0 Å². The largest absolute Gasteiger partial charge is 0.466 e. The van der Waals surface area contributed by atoms with Gasteiger partial charge in [0, 0.05) is 19.0 Å². The van der Waals surface area contributed by atoms with Crippen LogP contribution in [0.15, 0.2) is 18.2 Å². The van der Waals surface area contributed by atoms with Gasteiger partial charge in [0.05, 0.1) is 7.11 Å². The van der Waals surface area contributed by atoms with Crippen molar-refractivity contribution >= 4 is 11.9 Å². The minimum atomic E-state index is -1.60. The van der Waals surface area contributed by atoms with E-state index in [1.807, 2.05) is 14.0 Å². The molecular formula is C19H23NO5. The van der Waals surface area contributed by atoms with E-state index in [4.69, 9.17) is 14.2 Å². The summed E-state index contributed by atoms with van der Waals surface area (Å²) in [6.07, 6.45) is 0.505. The van der Waals surface area contributed by atoms with Crippen LogP contribution in [0.3, 0.4) is 0 Å². The zero-order valence-electron chi connectivity index (χ0n) is 15.2. The Kier molecular flexibility index (Phi) is 3.19. The normalized spacial score (nSPS) is 39.4. The molecule has 0 bridgehead atoms. The number of hydrogen-bond acceptors (Lipinski definition) is 6. The second-order valence-corrected chi connectivity index (χ2v) is 7.72. The Balaban J connectivity index is 1.77. The van der Waals surface area contributed by atoms with Crippen molar-refractivity contribution in [3.63, 3.8) is 0 Å². The van der Waals surface area contributed by atoms with Crippen LogP contribution in [-0.4, -0.2) is 54.3 Å². The summed E-state index contributed by atoms with van der Waals surface area (Å²) in [6.45, 7) is 6.49. The van der Waals surface area contributed by atoms with E-state index in [-0.39, 0.29) is 6.04 Å². The number of methoxy groups -OCH3 is 1. The summed E-state index contributed by atoms with van der Waals surface area (Å²) in [5, 5.41) is 0. The summed E-state index contributed by atoms with van der Waals surface area (Å²) >= 11 is 0. The number of carbonyl (C=O) groups is 2. The average molecular weight is 345 g/mol. The summed E-state index contributed by atoms with van der Waals surface area (Å²) in [7, 11) is 3.28. The van der Waals surface area contributed by atoms with E-state index in [0.717, 1.165) is 0 Å². The molecule has 4 rings (SSSR count). The Labute approximate surface area is 147 Å². The van der Waals surface area contributed by atoms with E-state index in [2.05, 4.69) is 36.9 Å². The van der Waals surface area contributed by atoms with Crippen molar-refractivity contribution in [3.8, 4) is 0 Å². The highest BCUT2D eigenvalue weighted by atomic mass is 16.7. The molecule has 4 atom stereocenters. The second kappa shape index (κ2) is 4.83. The highest BCUT2D eigenvalue weighted by Gasteiger charge is 2.93. The van der Waals surface area contributed by atoms with Gasteiger partial charge >= 0.3 is 11.9 Å². The zero-order valence-corrected chi connectivity index (χ0v) is 15.2. The van der Waals surface area contributed by atoms with Gasteiger partial charge in [-0.05, 0) is 38.9 Å². The van der Waals surface area contributed by atoms with Gasteiger partial charge in [-0.1, -0.05) is 23.8 Å². The van der Waals surface area contributed by atoms with Crippen molar-refractivity contribution in [3.05, 3.63) is 34.9 Å². The van der Waals surface area contributed by atoms with Crippen LogP contribution in [0.25, 0.3) is 0 Å². The van der Waals surface area contributed by atoms with Crippen molar-refractivity contribution in [2.45, 2.75) is 50.0 Å². The molecule has 6 heteroatoms.